The largest absolute Gasteiger partial charge is 0.416 e. The molecule has 1 amide bonds. The minimum atomic E-state index is -0.509. The molecule has 1 saturated heterocycles. The van der Waals surface area contributed by atoms with Crippen LogP contribution in [-0.2, 0) is 11.2 Å². The second-order valence-corrected chi connectivity index (χ2v) is 6.86. The average Bonchev–Trinajstić information content (AvgIpc) is 2.95. The Morgan fingerprint density at radius 3 is 2.88 bits per heavy atom. The number of morpholine rings is 1. The van der Waals surface area contributed by atoms with E-state index < -0.39 is 11.0 Å². The number of nitrogen functional groups attached to an aromatic ring is 1. The van der Waals surface area contributed by atoms with E-state index >= 15 is 0 Å². The highest BCUT2D eigenvalue weighted by molar-refractivity contribution is 7.15. The molecule has 25 heavy (non-hydrogen) atoms. The van der Waals surface area contributed by atoms with Crippen LogP contribution in [0.15, 0.2) is 24.3 Å². The molecule has 0 radical (unpaired) electrons. The maximum absolute atomic E-state index is 12.7. The lowest BCUT2D eigenvalue weighted by molar-refractivity contribution is -0.384. The molecule has 2 bridgehead atoms. The number of carbonyl (C=O) groups is 1. The predicted octanol–water partition coefficient (Wildman–Crippen LogP) is 2.13. The molecule has 130 valence electrons. The van der Waals surface area contributed by atoms with E-state index in [0.717, 1.165) is 10.6 Å². The van der Waals surface area contributed by atoms with Gasteiger partial charge >= 0.3 is 6.09 Å². The lowest BCUT2D eigenvalue weighted by Gasteiger charge is -2.43. The van der Waals surface area contributed by atoms with Crippen LogP contribution in [0.4, 0.5) is 15.6 Å². The molecule has 0 saturated carbocycles. The average molecular weight is 362 g/mol. The molecule has 2 aliphatic heterocycles. The van der Waals surface area contributed by atoms with Gasteiger partial charge in [0.2, 0.25) is 0 Å². The van der Waals surface area contributed by atoms with Crippen molar-refractivity contribution in [3.8, 4) is 5.75 Å². The summed E-state index contributed by atoms with van der Waals surface area (Å²) in [4.78, 5) is 29.8. The summed E-state index contributed by atoms with van der Waals surface area (Å²) >= 11 is 1.35. The number of anilines is 1. The number of nitro benzene ring substituents is 1. The van der Waals surface area contributed by atoms with Gasteiger partial charge in [-0.3, -0.25) is 15.0 Å². The maximum Gasteiger partial charge on any atom is 0.416 e. The summed E-state index contributed by atoms with van der Waals surface area (Å²) in [5.74, 6) is 0.254. The van der Waals surface area contributed by atoms with Gasteiger partial charge < -0.3 is 15.2 Å². The highest BCUT2D eigenvalue weighted by atomic mass is 32.1. The van der Waals surface area contributed by atoms with E-state index in [2.05, 4.69) is 4.98 Å². The van der Waals surface area contributed by atoms with Gasteiger partial charge in [-0.1, -0.05) is 11.3 Å². The van der Waals surface area contributed by atoms with E-state index in [0.29, 0.717) is 24.8 Å². The standard InChI is InChI=1S/C15H14N4O5S/c16-14-17-11-5-9-6-23-7-12(13(11)25-14)18(9)15(20)24-10-3-1-8(2-4-10)19(21)22/h1-4,9,12H,5-7H2,(H2,16,17)/t9-,12-/m0/s1. The Kier molecular flexibility index (Phi) is 3.77. The number of carbonyl (C=O) groups excluding carboxylic acids is 1. The molecular formula is C15H14N4O5S. The van der Waals surface area contributed by atoms with Gasteiger partial charge in [0, 0.05) is 18.6 Å². The van der Waals surface area contributed by atoms with Crippen molar-refractivity contribution in [3.05, 3.63) is 45.0 Å². The van der Waals surface area contributed by atoms with E-state index in [1.54, 1.807) is 4.90 Å². The number of hydrogen-bond donors (Lipinski definition) is 1. The van der Waals surface area contributed by atoms with Crippen molar-refractivity contribution >= 4 is 28.2 Å². The number of thiazole rings is 1. The number of nitro groups is 1. The van der Waals surface area contributed by atoms with Gasteiger partial charge in [-0.15, -0.1) is 0 Å². The Hall–Kier alpha value is -2.72. The molecule has 2 N–H and O–H groups in total. The Bertz CT molecular complexity index is 837. The molecule has 10 heteroatoms. The third kappa shape index (κ3) is 2.79. The van der Waals surface area contributed by atoms with E-state index in [1.165, 1.54) is 35.6 Å². The number of non-ortho nitro benzene ring substituents is 1. The SMILES string of the molecule is Nc1nc2c(s1)[C@@H]1COC[C@H](C2)N1C(=O)Oc1ccc([N+](=O)[O-])cc1. The van der Waals surface area contributed by atoms with Gasteiger partial charge in [-0.25, -0.2) is 9.78 Å². The molecule has 0 aliphatic carbocycles. The zero-order valence-corrected chi connectivity index (χ0v) is 13.8. The Balaban J connectivity index is 1.56. The Morgan fingerprint density at radius 1 is 1.40 bits per heavy atom. The summed E-state index contributed by atoms with van der Waals surface area (Å²) in [6.45, 7) is 0.767. The van der Waals surface area contributed by atoms with Crippen LogP contribution in [0.2, 0.25) is 0 Å². The van der Waals surface area contributed by atoms with Crippen molar-refractivity contribution in [2.45, 2.75) is 18.5 Å². The molecule has 9 nitrogen and oxygen atoms in total. The summed E-state index contributed by atoms with van der Waals surface area (Å²) in [5, 5.41) is 11.2. The normalized spacial score (nSPS) is 21.5. The van der Waals surface area contributed by atoms with Crippen LogP contribution < -0.4 is 10.5 Å². The van der Waals surface area contributed by atoms with Gasteiger partial charge in [0.15, 0.2) is 5.13 Å². The van der Waals surface area contributed by atoms with Crippen LogP contribution in [0, 0.1) is 10.1 Å². The zero-order valence-electron chi connectivity index (χ0n) is 13.0. The minimum absolute atomic E-state index is 0.0622. The van der Waals surface area contributed by atoms with E-state index in [9.17, 15) is 14.9 Å². The first-order valence-electron chi connectivity index (χ1n) is 7.60. The zero-order chi connectivity index (χ0) is 17.6. The first-order chi connectivity index (χ1) is 12.0. The van der Waals surface area contributed by atoms with Crippen molar-refractivity contribution < 1.29 is 19.2 Å². The van der Waals surface area contributed by atoms with E-state index in [1.807, 2.05) is 0 Å². The molecule has 2 atom stereocenters. The van der Waals surface area contributed by atoms with E-state index in [4.69, 9.17) is 15.2 Å². The number of ether oxygens (including phenoxy) is 2. The third-order valence-electron chi connectivity index (χ3n) is 4.25. The van der Waals surface area contributed by atoms with E-state index in [-0.39, 0.29) is 23.5 Å². The van der Waals surface area contributed by atoms with Gasteiger partial charge in [-0.05, 0) is 12.1 Å². The van der Waals surface area contributed by atoms with Crippen molar-refractivity contribution in [3.63, 3.8) is 0 Å². The number of amides is 1. The highest BCUT2D eigenvalue weighted by Crippen LogP contribution is 2.40. The Labute approximate surface area is 146 Å². The lowest BCUT2D eigenvalue weighted by Crippen LogP contribution is -2.54. The quantitative estimate of drug-likeness (QED) is 0.641. The van der Waals surface area contributed by atoms with Crippen molar-refractivity contribution in [1.29, 1.82) is 0 Å². The number of nitrogens with two attached hydrogens (primary N) is 1. The summed E-state index contributed by atoms with van der Waals surface area (Å²) in [6.07, 6.45) is 0.0549. The molecule has 4 rings (SSSR count). The van der Waals surface area contributed by atoms with Gasteiger partial charge in [-0.2, -0.15) is 0 Å². The highest BCUT2D eigenvalue weighted by Gasteiger charge is 2.43. The fourth-order valence-corrected chi connectivity index (χ4v) is 4.11. The molecule has 2 aliphatic rings. The smallest absolute Gasteiger partial charge is 0.410 e. The second kappa shape index (κ2) is 5.97. The molecule has 2 aromatic rings. The molecule has 0 spiro atoms. The molecular weight excluding hydrogens is 348 g/mol. The number of aromatic nitrogens is 1. The number of benzene rings is 1. The molecule has 1 aromatic heterocycles. The monoisotopic (exact) mass is 362 g/mol. The van der Waals surface area contributed by atoms with Crippen molar-refractivity contribution in [1.82, 2.24) is 9.88 Å². The summed E-state index contributed by atoms with van der Waals surface area (Å²) < 4.78 is 11.0. The predicted molar refractivity (Wildman–Crippen MR) is 88.5 cm³/mol. The van der Waals surface area contributed by atoms with Crippen LogP contribution in [0.3, 0.4) is 0 Å². The van der Waals surface area contributed by atoms with Gasteiger partial charge in [0.25, 0.3) is 5.69 Å². The van der Waals surface area contributed by atoms with Crippen LogP contribution in [0.5, 0.6) is 5.75 Å². The van der Waals surface area contributed by atoms with Gasteiger partial charge in [0.05, 0.1) is 40.8 Å². The maximum atomic E-state index is 12.7. The van der Waals surface area contributed by atoms with Crippen LogP contribution in [-0.4, -0.2) is 40.2 Å². The topological polar surface area (TPSA) is 121 Å². The first kappa shape index (κ1) is 15.8. The number of hydrogen-bond acceptors (Lipinski definition) is 8. The number of nitrogens with zero attached hydrogens (tertiary/aromatic N) is 3. The van der Waals surface area contributed by atoms with Crippen LogP contribution in [0.25, 0.3) is 0 Å². The van der Waals surface area contributed by atoms with Crippen molar-refractivity contribution in [2.24, 2.45) is 0 Å². The minimum Gasteiger partial charge on any atom is -0.410 e. The molecule has 0 unspecified atom stereocenters. The summed E-state index contributed by atoms with van der Waals surface area (Å²) in [7, 11) is 0. The number of fused-ring (bicyclic) bond motifs is 4. The van der Waals surface area contributed by atoms with Gasteiger partial charge in [0.1, 0.15) is 5.75 Å². The molecule has 3 heterocycles. The first-order valence-corrected chi connectivity index (χ1v) is 8.42. The summed E-state index contributed by atoms with van der Waals surface area (Å²) in [5.41, 5.74) is 6.66. The second-order valence-electron chi connectivity index (χ2n) is 5.80. The number of rotatable bonds is 2. The Morgan fingerprint density at radius 2 is 2.16 bits per heavy atom. The fourth-order valence-electron chi connectivity index (χ4n) is 3.17. The van der Waals surface area contributed by atoms with Crippen LogP contribution >= 0.6 is 11.3 Å². The molecule has 1 aromatic carbocycles. The third-order valence-corrected chi connectivity index (χ3v) is 5.28. The van der Waals surface area contributed by atoms with Crippen molar-refractivity contribution in [2.75, 3.05) is 18.9 Å². The fraction of sp³-hybridized carbons (Fsp3) is 0.333. The molecule has 1 fully saturated rings. The lowest BCUT2D eigenvalue weighted by atomic mass is 9.97. The summed E-state index contributed by atoms with van der Waals surface area (Å²) in [6, 6.07) is 4.96. The van der Waals surface area contributed by atoms with Crippen LogP contribution in [0.1, 0.15) is 16.6 Å².